The molecule has 0 aromatic rings. The van der Waals surface area contributed by atoms with Gasteiger partial charge in [0, 0.05) is 7.11 Å². The highest BCUT2D eigenvalue weighted by molar-refractivity contribution is 4.95. The molecule has 16 heteroatoms. The third kappa shape index (κ3) is 5.93. The molecule has 0 aromatic heterocycles. The predicted octanol–water partition coefficient (Wildman–Crippen LogP) is -6.92. The average Bonchev–Trinajstić information content (AvgIpc) is 2.85. The number of aliphatic hydroxyl groups is 10. The van der Waals surface area contributed by atoms with Gasteiger partial charge in [-0.1, -0.05) is 0 Å². The molecule has 0 saturated carbocycles. The van der Waals surface area contributed by atoms with Crippen molar-refractivity contribution in [1.29, 1.82) is 0 Å². The van der Waals surface area contributed by atoms with Crippen LogP contribution in [0, 0.1) is 0 Å². The molecule has 35 heavy (non-hydrogen) atoms. The Morgan fingerprint density at radius 1 is 0.543 bits per heavy atom. The zero-order valence-corrected chi connectivity index (χ0v) is 18.7. The van der Waals surface area contributed by atoms with Crippen molar-refractivity contribution in [3.63, 3.8) is 0 Å². The Morgan fingerprint density at radius 2 is 1.00 bits per heavy atom. The predicted molar refractivity (Wildman–Crippen MR) is 106 cm³/mol. The summed E-state index contributed by atoms with van der Waals surface area (Å²) >= 11 is 0. The molecule has 0 bridgehead atoms. The van der Waals surface area contributed by atoms with E-state index in [-0.39, 0.29) is 0 Å². The highest BCUT2D eigenvalue weighted by Crippen LogP contribution is 2.30. The lowest BCUT2D eigenvalue weighted by Gasteiger charge is -2.46. The van der Waals surface area contributed by atoms with Crippen molar-refractivity contribution in [3.05, 3.63) is 0 Å². The van der Waals surface area contributed by atoms with Crippen LogP contribution in [0.25, 0.3) is 0 Å². The summed E-state index contributed by atoms with van der Waals surface area (Å²) in [6.45, 7) is -1.95. The number of ether oxygens (including phenoxy) is 6. The van der Waals surface area contributed by atoms with Gasteiger partial charge in [0.15, 0.2) is 18.9 Å². The molecule has 3 fully saturated rings. The van der Waals surface area contributed by atoms with Crippen molar-refractivity contribution in [1.82, 2.24) is 0 Å². The first-order valence-electron chi connectivity index (χ1n) is 11.0. The highest BCUT2D eigenvalue weighted by atomic mass is 16.8. The summed E-state index contributed by atoms with van der Waals surface area (Å²) in [5.41, 5.74) is 0. The molecule has 0 aliphatic carbocycles. The second-order valence-electron chi connectivity index (χ2n) is 8.59. The molecule has 3 saturated heterocycles. The van der Waals surface area contributed by atoms with Gasteiger partial charge in [0.25, 0.3) is 0 Å². The molecule has 16 nitrogen and oxygen atoms in total. The van der Waals surface area contributed by atoms with Gasteiger partial charge in [-0.2, -0.15) is 0 Å². The number of aliphatic hydroxyl groups excluding tert-OH is 10. The fraction of sp³-hybridized carbons (Fsp3) is 1.00. The van der Waals surface area contributed by atoms with Gasteiger partial charge >= 0.3 is 0 Å². The van der Waals surface area contributed by atoms with Crippen molar-refractivity contribution in [3.8, 4) is 0 Å². The minimum atomic E-state index is -1.82. The van der Waals surface area contributed by atoms with Crippen molar-refractivity contribution in [2.45, 2.75) is 92.1 Å². The topological polar surface area (TPSA) is 258 Å². The summed E-state index contributed by atoms with van der Waals surface area (Å²) in [5.74, 6) is 0. The monoisotopic (exact) mass is 518 g/mol. The normalized spacial score (nSPS) is 51.3. The molecule has 0 aromatic carbocycles. The molecule has 3 heterocycles. The molecule has 3 aliphatic rings. The van der Waals surface area contributed by atoms with Gasteiger partial charge in [-0.05, 0) is 0 Å². The Morgan fingerprint density at radius 3 is 1.51 bits per heavy atom. The minimum Gasteiger partial charge on any atom is -0.394 e. The van der Waals surface area contributed by atoms with Gasteiger partial charge in [-0.3, -0.25) is 0 Å². The van der Waals surface area contributed by atoms with Crippen molar-refractivity contribution in [2.75, 3.05) is 26.9 Å². The zero-order chi connectivity index (χ0) is 26.0. The van der Waals surface area contributed by atoms with Gasteiger partial charge in [0.2, 0.25) is 0 Å². The van der Waals surface area contributed by atoms with Gasteiger partial charge in [-0.15, -0.1) is 0 Å². The molecule has 3 aliphatic heterocycles. The molecule has 0 radical (unpaired) electrons. The van der Waals surface area contributed by atoms with E-state index in [1.807, 2.05) is 0 Å². The SMILES string of the molecule is CO[C@H]1O[C@H](CO[C@@H]2O[C@H](CO)[C@@H](O)[C@H](O)[C@H]2O)[C@@H](O[C@@H]2O[C@H](CO)[C@@H](O)[C@H](O)[C@H]2O)[C@H](O)[C@H]1O. The summed E-state index contributed by atoms with van der Waals surface area (Å²) < 4.78 is 32.1. The summed E-state index contributed by atoms with van der Waals surface area (Å²) in [7, 11) is 1.19. The first-order valence-corrected chi connectivity index (χ1v) is 11.0. The van der Waals surface area contributed by atoms with E-state index in [2.05, 4.69) is 0 Å². The summed E-state index contributed by atoms with van der Waals surface area (Å²) in [4.78, 5) is 0. The maximum Gasteiger partial charge on any atom is 0.187 e. The maximum atomic E-state index is 10.6. The van der Waals surface area contributed by atoms with Crippen molar-refractivity contribution >= 4 is 0 Å². The molecular weight excluding hydrogens is 484 g/mol. The van der Waals surface area contributed by atoms with E-state index in [0.717, 1.165) is 0 Å². The Balaban J connectivity index is 1.74. The van der Waals surface area contributed by atoms with E-state index in [9.17, 15) is 51.1 Å². The molecule has 0 unspecified atom stereocenters. The fourth-order valence-corrected chi connectivity index (χ4v) is 4.13. The average molecular weight is 518 g/mol. The van der Waals surface area contributed by atoms with E-state index in [0.29, 0.717) is 0 Å². The van der Waals surface area contributed by atoms with Crippen LogP contribution in [-0.4, -0.2) is 170 Å². The first kappa shape index (κ1) is 28.9. The quantitative estimate of drug-likeness (QED) is 0.143. The number of hydrogen-bond acceptors (Lipinski definition) is 16. The number of methoxy groups -OCH3 is 1. The van der Waals surface area contributed by atoms with Crippen LogP contribution < -0.4 is 0 Å². The lowest BCUT2D eigenvalue weighted by atomic mass is 9.97. The van der Waals surface area contributed by atoms with Gasteiger partial charge in [-0.25, -0.2) is 0 Å². The Bertz CT molecular complexity index is 652. The Kier molecular flexibility index (Phi) is 10.1. The Labute approximate surface area is 199 Å². The minimum absolute atomic E-state index is 0.533. The van der Waals surface area contributed by atoms with Crippen LogP contribution in [0.1, 0.15) is 0 Å². The van der Waals surface area contributed by atoms with E-state index in [4.69, 9.17) is 28.4 Å². The molecule has 3 rings (SSSR count). The van der Waals surface area contributed by atoms with E-state index in [1.54, 1.807) is 0 Å². The molecule has 206 valence electrons. The van der Waals surface area contributed by atoms with Crippen LogP contribution in [0.4, 0.5) is 0 Å². The second-order valence-corrected chi connectivity index (χ2v) is 8.59. The number of rotatable bonds is 8. The van der Waals surface area contributed by atoms with E-state index < -0.39 is 112 Å². The molecule has 0 amide bonds. The summed E-state index contributed by atoms with van der Waals surface area (Å²) in [6, 6.07) is 0. The zero-order valence-electron chi connectivity index (χ0n) is 18.7. The third-order valence-corrected chi connectivity index (χ3v) is 6.29. The standard InChI is InChI=1S/C19H34O16/c1-30-17-15(29)12(26)16(35-19-14(28)11(25)9(23)6(3-21)33-19)7(34-17)4-31-18-13(27)10(24)8(22)5(2-20)32-18/h5-29H,2-4H2,1H3/t5-,6-,7-,8-,9-,10+,11+,12-,13-,14-,15-,16-,17+,18-,19+/m1/s1. The molecule has 0 spiro atoms. The molecule has 10 N–H and O–H groups in total. The third-order valence-electron chi connectivity index (χ3n) is 6.29. The lowest BCUT2D eigenvalue weighted by Crippen LogP contribution is -2.65. The van der Waals surface area contributed by atoms with Gasteiger partial charge in [0.1, 0.15) is 73.2 Å². The molecular formula is C19H34O16. The number of hydrogen-bond donors (Lipinski definition) is 10. The van der Waals surface area contributed by atoms with Gasteiger partial charge in [0.05, 0.1) is 19.8 Å². The smallest absolute Gasteiger partial charge is 0.187 e. The van der Waals surface area contributed by atoms with Crippen LogP contribution >= 0.6 is 0 Å². The maximum absolute atomic E-state index is 10.6. The highest BCUT2D eigenvalue weighted by Gasteiger charge is 2.51. The van der Waals surface area contributed by atoms with Crippen LogP contribution in [0.5, 0.6) is 0 Å². The van der Waals surface area contributed by atoms with Crippen molar-refractivity contribution in [2.24, 2.45) is 0 Å². The second kappa shape index (κ2) is 12.3. The van der Waals surface area contributed by atoms with Crippen LogP contribution in [0.15, 0.2) is 0 Å². The van der Waals surface area contributed by atoms with Crippen LogP contribution in [-0.2, 0) is 28.4 Å². The lowest BCUT2D eigenvalue weighted by molar-refractivity contribution is -0.365. The van der Waals surface area contributed by atoms with E-state index >= 15 is 0 Å². The summed E-state index contributed by atoms with van der Waals surface area (Å²) in [6.07, 6.45) is -23.6. The van der Waals surface area contributed by atoms with Crippen molar-refractivity contribution < 1.29 is 79.5 Å². The van der Waals surface area contributed by atoms with Crippen LogP contribution in [0.2, 0.25) is 0 Å². The fourth-order valence-electron chi connectivity index (χ4n) is 4.13. The van der Waals surface area contributed by atoms with Gasteiger partial charge < -0.3 is 79.5 Å². The Hall–Kier alpha value is -0.640. The molecule has 15 atom stereocenters. The van der Waals surface area contributed by atoms with Crippen LogP contribution in [0.3, 0.4) is 0 Å². The largest absolute Gasteiger partial charge is 0.394 e. The summed E-state index contributed by atoms with van der Waals surface area (Å²) in [5, 5.41) is 99.8. The first-order chi connectivity index (χ1) is 16.5. The van der Waals surface area contributed by atoms with E-state index in [1.165, 1.54) is 7.11 Å².